The van der Waals surface area contributed by atoms with Gasteiger partial charge in [0.05, 0.1) is 18.4 Å². The molecule has 0 radical (unpaired) electrons. The van der Waals surface area contributed by atoms with E-state index in [2.05, 4.69) is 9.97 Å². The number of ether oxygens (including phenoxy) is 2. The summed E-state index contributed by atoms with van der Waals surface area (Å²) in [4.78, 5) is 19.8. The molecule has 0 aliphatic carbocycles. The number of nitrogens with zero attached hydrogens (tertiary/aromatic N) is 2. The third kappa shape index (κ3) is 3.94. The first kappa shape index (κ1) is 15.8. The molecular formula is C16H19N3O3. The van der Waals surface area contributed by atoms with Crippen LogP contribution in [0.3, 0.4) is 0 Å². The van der Waals surface area contributed by atoms with Crippen molar-refractivity contribution in [2.24, 2.45) is 0 Å². The Labute approximate surface area is 129 Å². The van der Waals surface area contributed by atoms with Gasteiger partial charge >= 0.3 is 5.97 Å². The maximum Gasteiger partial charge on any atom is 0.357 e. The van der Waals surface area contributed by atoms with Crippen molar-refractivity contribution in [2.75, 3.05) is 12.3 Å². The van der Waals surface area contributed by atoms with Gasteiger partial charge in [-0.1, -0.05) is 0 Å². The Balaban J connectivity index is 2.30. The number of nitrogens with two attached hydrogens (primary N) is 1. The quantitative estimate of drug-likeness (QED) is 0.854. The highest BCUT2D eigenvalue weighted by molar-refractivity contribution is 5.88. The van der Waals surface area contributed by atoms with Crippen LogP contribution in [0.1, 0.15) is 31.3 Å². The van der Waals surface area contributed by atoms with Crippen LogP contribution in [0.5, 0.6) is 5.75 Å². The standard InChI is InChI=1S/C16H19N3O3/c1-4-21-15(20)14-9-13(18-16(17)19-14)11-5-7-12(8-6-11)22-10(2)3/h5-10H,4H2,1-3H3,(H2,17,18,19). The SMILES string of the molecule is CCOC(=O)c1cc(-c2ccc(OC(C)C)cc2)nc(N)n1. The summed E-state index contributed by atoms with van der Waals surface area (Å²) >= 11 is 0. The zero-order chi connectivity index (χ0) is 16.1. The average molecular weight is 301 g/mol. The van der Waals surface area contributed by atoms with E-state index in [-0.39, 0.29) is 24.4 Å². The first-order valence-corrected chi connectivity index (χ1v) is 7.08. The molecule has 0 fully saturated rings. The number of nitrogen functional groups attached to an aromatic ring is 1. The summed E-state index contributed by atoms with van der Waals surface area (Å²) in [5, 5.41) is 0. The van der Waals surface area contributed by atoms with Crippen molar-refractivity contribution >= 4 is 11.9 Å². The largest absolute Gasteiger partial charge is 0.491 e. The van der Waals surface area contributed by atoms with E-state index >= 15 is 0 Å². The second-order valence-electron chi connectivity index (χ2n) is 4.91. The Bertz CT molecular complexity index is 654. The number of esters is 1. The van der Waals surface area contributed by atoms with Gasteiger partial charge in [-0.3, -0.25) is 0 Å². The van der Waals surface area contributed by atoms with Gasteiger partial charge in [0.25, 0.3) is 0 Å². The highest BCUT2D eigenvalue weighted by Crippen LogP contribution is 2.22. The van der Waals surface area contributed by atoms with Gasteiger partial charge in [-0.15, -0.1) is 0 Å². The summed E-state index contributed by atoms with van der Waals surface area (Å²) < 4.78 is 10.5. The van der Waals surface area contributed by atoms with Crippen LogP contribution < -0.4 is 10.5 Å². The van der Waals surface area contributed by atoms with E-state index < -0.39 is 5.97 Å². The number of carbonyl (C=O) groups is 1. The molecule has 0 unspecified atom stereocenters. The molecule has 2 rings (SSSR count). The van der Waals surface area contributed by atoms with Crippen LogP contribution in [0, 0.1) is 0 Å². The van der Waals surface area contributed by atoms with Crippen molar-refractivity contribution in [3.63, 3.8) is 0 Å². The number of benzene rings is 1. The molecule has 0 aliphatic heterocycles. The third-order valence-electron chi connectivity index (χ3n) is 2.75. The normalized spacial score (nSPS) is 10.5. The van der Waals surface area contributed by atoms with Crippen LogP contribution in [-0.4, -0.2) is 28.6 Å². The molecule has 0 atom stereocenters. The van der Waals surface area contributed by atoms with Crippen molar-refractivity contribution in [1.82, 2.24) is 9.97 Å². The van der Waals surface area contributed by atoms with Crippen molar-refractivity contribution in [1.29, 1.82) is 0 Å². The highest BCUT2D eigenvalue weighted by atomic mass is 16.5. The molecule has 2 aromatic rings. The van der Waals surface area contributed by atoms with E-state index in [0.29, 0.717) is 5.69 Å². The Morgan fingerprint density at radius 2 is 1.91 bits per heavy atom. The molecule has 0 bridgehead atoms. The Morgan fingerprint density at radius 1 is 1.23 bits per heavy atom. The lowest BCUT2D eigenvalue weighted by Crippen LogP contribution is -2.10. The predicted octanol–water partition coefficient (Wildman–Crippen LogP) is 2.69. The molecule has 6 heteroatoms. The fourth-order valence-corrected chi connectivity index (χ4v) is 1.90. The molecule has 116 valence electrons. The van der Waals surface area contributed by atoms with Crippen LogP contribution in [0.15, 0.2) is 30.3 Å². The molecule has 1 aromatic carbocycles. The minimum atomic E-state index is -0.516. The summed E-state index contributed by atoms with van der Waals surface area (Å²) in [6.07, 6.45) is 0.107. The number of hydrogen-bond donors (Lipinski definition) is 1. The lowest BCUT2D eigenvalue weighted by molar-refractivity contribution is 0.0519. The van der Waals surface area contributed by atoms with Crippen molar-refractivity contribution < 1.29 is 14.3 Å². The molecule has 0 spiro atoms. The monoisotopic (exact) mass is 301 g/mol. The topological polar surface area (TPSA) is 87.3 Å². The molecule has 22 heavy (non-hydrogen) atoms. The summed E-state index contributed by atoms with van der Waals surface area (Å²) in [6, 6.07) is 8.96. The summed E-state index contributed by atoms with van der Waals surface area (Å²) in [7, 11) is 0. The molecular weight excluding hydrogens is 282 g/mol. The van der Waals surface area contributed by atoms with Gasteiger partial charge in [0.2, 0.25) is 5.95 Å². The second kappa shape index (κ2) is 6.89. The van der Waals surface area contributed by atoms with Crippen LogP contribution in [0.2, 0.25) is 0 Å². The molecule has 0 saturated carbocycles. The highest BCUT2D eigenvalue weighted by Gasteiger charge is 2.13. The number of anilines is 1. The molecule has 6 nitrogen and oxygen atoms in total. The lowest BCUT2D eigenvalue weighted by atomic mass is 10.1. The van der Waals surface area contributed by atoms with Gasteiger partial charge < -0.3 is 15.2 Å². The molecule has 2 N–H and O–H groups in total. The number of aromatic nitrogens is 2. The smallest absolute Gasteiger partial charge is 0.357 e. The van der Waals surface area contributed by atoms with Crippen LogP contribution in [0.4, 0.5) is 5.95 Å². The predicted molar refractivity (Wildman–Crippen MR) is 83.6 cm³/mol. The van der Waals surface area contributed by atoms with Gasteiger partial charge in [0.15, 0.2) is 5.69 Å². The number of carbonyl (C=O) groups excluding carboxylic acids is 1. The summed E-state index contributed by atoms with van der Waals surface area (Å²) in [5.74, 6) is 0.284. The maximum atomic E-state index is 11.8. The Kier molecular flexibility index (Phi) is 4.93. The first-order chi connectivity index (χ1) is 10.5. The van der Waals surface area contributed by atoms with Crippen molar-refractivity contribution in [2.45, 2.75) is 26.9 Å². The molecule has 0 saturated heterocycles. The van der Waals surface area contributed by atoms with E-state index in [1.165, 1.54) is 0 Å². The van der Waals surface area contributed by atoms with Crippen molar-refractivity contribution in [3.8, 4) is 17.0 Å². The van der Waals surface area contributed by atoms with E-state index in [4.69, 9.17) is 15.2 Å². The molecule has 0 aliphatic rings. The average Bonchev–Trinajstić information content (AvgIpc) is 2.47. The number of hydrogen-bond acceptors (Lipinski definition) is 6. The van der Waals surface area contributed by atoms with Gasteiger partial charge in [-0.25, -0.2) is 14.8 Å². The van der Waals surface area contributed by atoms with Gasteiger partial charge in [-0.2, -0.15) is 0 Å². The Morgan fingerprint density at radius 3 is 2.50 bits per heavy atom. The number of rotatable bonds is 5. The fourth-order valence-electron chi connectivity index (χ4n) is 1.90. The van der Waals surface area contributed by atoms with Gasteiger partial charge in [0.1, 0.15) is 5.75 Å². The molecule has 1 heterocycles. The van der Waals surface area contributed by atoms with E-state index in [1.54, 1.807) is 13.0 Å². The zero-order valence-corrected chi connectivity index (χ0v) is 12.9. The lowest BCUT2D eigenvalue weighted by Gasteiger charge is -2.10. The summed E-state index contributed by atoms with van der Waals surface area (Å²) in [5.41, 5.74) is 7.19. The first-order valence-electron chi connectivity index (χ1n) is 7.08. The molecule has 1 aromatic heterocycles. The van der Waals surface area contributed by atoms with Gasteiger partial charge in [-0.05, 0) is 51.1 Å². The fraction of sp³-hybridized carbons (Fsp3) is 0.312. The van der Waals surface area contributed by atoms with Crippen LogP contribution >= 0.6 is 0 Å². The van der Waals surface area contributed by atoms with E-state index in [1.807, 2.05) is 38.1 Å². The minimum Gasteiger partial charge on any atom is -0.491 e. The molecule has 0 amide bonds. The van der Waals surface area contributed by atoms with E-state index in [0.717, 1.165) is 11.3 Å². The van der Waals surface area contributed by atoms with E-state index in [9.17, 15) is 4.79 Å². The van der Waals surface area contributed by atoms with Gasteiger partial charge in [0, 0.05) is 5.56 Å². The van der Waals surface area contributed by atoms with Crippen LogP contribution in [-0.2, 0) is 4.74 Å². The Hall–Kier alpha value is -2.63. The maximum absolute atomic E-state index is 11.8. The summed E-state index contributed by atoms with van der Waals surface area (Å²) in [6.45, 7) is 5.94. The second-order valence-corrected chi connectivity index (χ2v) is 4.91. The minimum absolute atomic E-state index is 0.0306. The van der Waals surface area contributed by atoms with Crippen LogP contribution in [0.25, 0.3) is 11.3 Å². The van der Waals surface area contributed by atoms with Crippen molar-refractivity contribution in [3.05, 3.63) is 36.0 Å². The zero-order valence-electron chi connectivity index (χ0n) is 12.9. The third-order valence-corrected chi connectivity index (χ3v) is 2.75.